The van der Waals surface area contributed by atoms with Gasteiger partial charge in [-0.1, -0.05) is 33.8 Å². The summed E-state index contributed by atoms with van der Waals surface area (Å²) in [4.78, 5) is 17.1. The van der Waals surface area contributed by atoms with Crippen LogP contribution in [0.2, 0.25) is 0 Å². The number of nitrogens with zero attached hydrogens (tertiary/aromatic N) is 2. The molecule has 0 spiro atoms. The highest BCUT2D eigenvalue weighted by molar-refractivity contribution is 9.10. The molecule has 3 aromatic rings. The lowest BCUT2D eigenvalue weighted by molar-refractivity contribution is 0.100. The second-order valence-electron chi connectivity index (χ2n) is 6.44. The minimum atomic E-state index is -3.02. The predicted molar refractivity (Wildman–Crippen MR) is 123 cm³/mol. The number of aromatic nitrogens is 1. The van der Waals surface area contributed by atoms with Crippen LogP contribution < -0.4 is 9.47 Å². The molecular formula is C23H19BrN2O4S. The smallest absolute Gasteiger partial charge is 0.286 e. The maximum absolute atomic E-state index is 13.1. The molecular weight excluding hydrogens is 480 g/mol. The molecule has 158 valence electrons. The van der Waals surface area contributed by atoms with E-state index in [1.54, 1.807) is 30.5 Å². The summed E-state index contributed by atoms with van der Waals surface area (Å²) in [6.07, 6.45) is 4.33. The van der Waals surface area contributed by atoms with E-state index in [9.17, 15) is 9.00 Å². The molecule has 0 bridgehead atoms. The van der Waals surface area contributed by atoms with Gasteiger partial charge in [-0.25, -0.2) is 4.21 Å². The fraction of sp³-hybridized carbons (Fsp3) is 0.130. The Morgan fingerprint density at radius 2 is 1.74 bits per heavy atom. The van der Waals surface area contributed by atoms with Gasteiger partial charge in [-0.15, -0.1) is 0 Å². The van der Waals surface area contributed by atoms with Gasteiger partial charge in [0.25, 0.3) is 5.91 Å². The zero-order chi connectivity index (χ0) is 22.4. The summed E-state index contributed by atoms with van der Waals surface area (Å²) in [5, 5.41) is 0. The van der Waals surface area contributed by atoms with Crippen LogP contribution in [0.4, 0.5) is 0 Å². The number of hydrogen-bond donors (Lipinski definition) is 0. The van der Waals surface area contributed by atoms with E-state index in [-0.39, 0.29) is 5.56 Å². The number of methoxy groups -OCH3 is 2. The maximum atomic E-state index is 13.1. The van der Waals surface area contributed by atoms with Crippen LogP contribution in [0.25, 0.3) is 0 Å². The number of carbonyl (C=O) groups is 1. The quantitative estimate of drug-likeness (QED) is 0.492. The standard InChI is InChI=1S/C23H19BrN2O4S/c1-29-21-10-9-20(13-22(21)30-2)31(3,28)26-23(27)18-11-17(14-25-15-18)8-7-16-5-4-6-19(24)12-16/h4-6,9-15H,1-3H3. The molecule has 6 nitrogen and oxygen atoms in total. The molecule has 0 fully saturated rings. The molecule has 8 heteroatoms. The first-order valence-electron chi connectivity index (χ1n) is 9.03. The normalized spacial score (nSPS) is 12.1. The van der Waals surface area contributed by atoms with Gasteiger partial charge in [-0.3, -0.25) is 9.78 Å². The van der Waals surface area contributed by atoms with E-state index in [1.807, 2.05) is 24.3 Å². The highest BCUT2D eigenvalue weighted by Gasteiger charge is 2.15. The average molecular weight is 499 g/mol. The van der Waals surface area contributed by atoms with Crippen LogP contribution in [-0.2, 0) is 9.73 Å². The summed E-state index contributed by atoms with van der Waals surface area (Å²) in [6, 6.07) is 13.9. The number of halogens is 1. The van der Waals surface area contributed by atoms with Crippen LogP contribution in [0.3, 0.4) is 0 Å². The molecule has 0 aliphatic carbocycles. The molecule has 0 aliphatic heterocycles. The zero-order valence-corrected chi connectivity index (χ0v) is 19.5. The van der Waals surface area contributed by atoms with Gasteiger partial charge in [0.2, 0.25) is 0 Å². The van der Waals surface area contributed by atoms with Crippen molar-refractivity contribution in [2.75, 3.05) is 20.5 Å². The average Bonchev–Trinajstić information content (AvgIpc) is 2.77. The summed E-state index contributed by atoms with van der Waals surface area (Å²) in [5.41, 5.74) is 1.58. The maximum Gasteiger partial charge on any atom is 0.286 e. The van der Waals surface area contributed by atoms with Crippen molar-refractivity contribution in [2.45, 2.75) is 4.90 Å². The summed E-state index contributed by atoms with van der Waals surface area (Å²) in [5.74, 6) is 6.26. The van der Waals surface area contributed by atoms with Gasteiger partial charge >= 0.3 is 0 Å². The second kappa shape index (κ2) is 9.77. The third-order valence-electron chi connectivity index (χ3n) is 4.21. The van der Waals surface area contributed by atoms with E-state index in [0.717, 1.165) is 10.0 Å². The van der Waals surface area contributed by atoms with Gasteiger partial charge in [-0.2, -0.15) is 4.36 Å². The van der Waals surface area contributed by atoms with E-state index in [1.165, 1.54) is 26.7 Å². The number of amides is 1. The Morgan fingerprint density at radius 1 is 1.00 bits per heavy atom. The van der Waals surface area contributed by atoms with E-state index in [2.05, 4.69) is 37.1 Å². The molecule has 1 atom stereocenters. The van der Waals surface area contributed by atoms with Crippen molar-refractivity contribution < 1.29 is 18.5 Å². The summed E-state index contributed by atoms with van der Waals surface area (Å²) in [7, 11) is -0.0292. The predicted octanol–water partition coefficient (Wildman–Crippen LogP) is 4.56. The number of benzene rings is 2. The van der Waals surface area contributed by atoms with Crippen molar-refractivity contribution in [3.8, 4) is 23.3 Å². The Balaban J connectivity index is 1.90. The molecule has 1 heterocycles. The number of carbonyl (C=O) groups excluding carboxylic acids is 1. The Hall–Kier alpha value is -3.15. The van der Waals surface area contributed by atoms with Crippen LogP contribution in [0.15, 0.2) is 74.7 Å². The SMILES string of the molecule is COc1ccc(S(C)(=O)=NC(=O)c2cncc(C#Cc3cccc(Br)c3)c2)cc1OC. The van der Waals surface area contributed by atoms with Crippen LogP contribution in [-0.4, -0.2) is 35.6 Å². The van der Waals surface area contributed by atoms with E-state index < -0.39 is 15.6 Å². The lowest BCUT2D eigenvalue weighted by atomic mass is 10.2. The minimum absolute atomic E-state index is 0.205. The zero-order valence-electron chi connectivity index (χ0n) is 17.1. The fourth-order valence-electron chi connectivity index (χ4n) is 2.65. The van der Waals surface area contributed by atoms with Crippen LogP contribution in [0.1, 0.15) is 21.5 Å². The third-order valence-corrected chi connectivity index (χ3v) is 6.35. The first-order valence-corrected chi connectivity index (χ1v) is 11.7. The van der Waals surface area contributed by atoms with Crippen LogP contribution in [0, 0.1) is 11.8 Å². The van der Waals surface area contributed by atoms with Crippen LogP contribution in [0.5, 0.6) is 11.5 Å². The first kappa shape index (κ1) is 22.5. The third kappa shape index (κ3) is 5.72. The van der Waals surface area contributed by atoms with Crippen molar-refractivity contribution in [3.63, 3.8) is 0 Å². The molecule has 0 saturated carbocycles. The Labute approximate surface area is 189 Å². The summed E-state index contributed by atoms with van der Waals surface area (Å²) >= 11 is 3.40. The molecule has 3 rings (SSSR count). The van der Waals surface area contributed by atoms with Gasteiger partial charge in [0, 0.05) is 40.3 Å². The molecule has 31 heavy (non-hydrogen) atoms. The van der Waals surface area contributed by atoms with E-state index in [0.29, 0.717) is 22.0 Å². The lowest BCUT2D eigenvalue weighted by Crippen LogP contribution is -2.05. The Morgan fingerprint density at radius 3 is 2.45 bits per heavy atom. The Kier molecular flexibility index (Phi) is 7.10. The van der Waals surface area contributed by atoms with Crippen molar-refractivity contribution in [1.29, 1.82) is 0 Å². The number of pyridine rings is 1. The highest BCUT2D eigenvalue weighted by Crippen LogP contribution is 2.30. The van der Waals surface area contributed by atoms with Crippen molar-refractivity contribution >= 4 is 31.6 Å². The highest BCUT2D eigenvalue weighted by atomic mass is 79.9. The second-order valence-corrected chi connectivity index (χ2v) is 9.61. The number of hydrogen-bond acceptors (Lipinski definition) is 5. The first-order chi connectivity index (χ1) is 14.8. The lowest BCUT2D eigenvalue weighted by Gasteiger charge is -2.10. The number of ether oxygens (including phenoxy) is 2. The van der Waals surface area contributed by atoms with E-state index >= 15 is 0 Å². The molecule has 2 aromatic carbocycles. The van der Waals surface area contributed by atoms with Crippen molar-refractivity contribution in [2.24, 2.45) is 4.36 Å². The van der Waals surface area contributed by atoms with Gasteiger partial charge in [0.05, 0.1) is 34.4 Å². The summed E-state index contributed by atoms with van der Waals surface area (Å²) in [6.45, 7) is 0. The molecule has 1 amide bonds. The molecule has 0 saturated heterocycles. The largest absolute Gasteiger partial charge is 0.493 e. The van der Waals surface area contributed by atoms with Gasteiger partial charge < -0.3 is 9.47 Å². The van der Waals surface area contributed by atoms with Gasteiger partial charge in [0.1, 0.15) is 0 Å². The summed E-state index contributed by atoms with van der Waals surface area (Å²) < 4.78 is 28.4. The van der Waals surface area contributed by atoms with Gasteiger partial charge in [0.15, 0.2) is 11.5 Å². The minimum Gasteiger partial charge on any atom is -0.493 e. The molecule has 0 N–H and O–H groups in total. The van der Waals surface area contributed by atoms with E-state index in [4.69, 9.17) is 9.47 Å². The van der Waals surface area contributed by atoms with Crippen LogP contribution >= 0.6 is 15.9 Å². The molecule has 1 aromatic heterocycles. The molecule has 0 aliphatic rings. The fourth-order valence-corrected chi connectivity index (χ4v) is 4.22. The molecule has 1 unspecified atom stereocenters. The van der Waals surface area contributed by atoms with Crippen molar-refractivity contribution in [3.05, 3.63) is 82.1 Å². The number of rotatable bonds is 4. The Bertz CT molecular complexity index is 1320. The molecule has 0 radical (unpaired) electrons. The monoisotopic (exact) mass is 498 g/mol. The van der Waals surface area contributed by atoms with Gasteiger partial charge in [-0.05, 0) is 36.4 Å². The van der Waals surface area contributed by atoms with Crippen molar-refractivity contribution in [1.82, 2.24) is 4.98 Å². The topological polar surface area (TPSA) is 77.9 Å².